The zero-order valence-electron chi connectivity index (χ0n) is 13.4. The minimum Gasteiger partial charge on any atom is -0.481 e. The fourth-order valence-corrected chi connectivity index (χ4v) is 3.17. The van der Waals surface area contributed by atoms with Crippen molar-refractivity contribution in [2.24, 2.45) is 17.8 Å². The van der Waals surface area contributed by atoms with Gasteiger partial charge in [-0.15, -0.1) is 0 Å². The van der Waals surface area contributed by atoms with Crippen LogP contribution < -0.4 is 0 Å². The number of hydrogen-bond acceptors (Lipinski definition) is 3. The van der Waals surface area contributed by atoms with Crippen LogP contribution in [-0.2, 0) is 9.59 Å². The summed E-state index contributed by atoms with van der Waals surface area (Å²) < 4.78 is 0. The molecule has 0 saturated carbocycles. The van der Waals surface area contributed by atoms with Crippen molar-refractivity contribution >= 4 is 11.9 Å². The number of carbonyl (C=O) groups is 2. The second kappa shape index (κ2) is 6.90. The SMILES string of the molecule is CC(CC(=O)N1C[C@@H](C(=O)O)[C@H](C(C)C)C1)c1ccncc1. The minimum atomic E-state index is -0.795. The number of carbonyl (C=O) groups excluding carboxylic acids is 1. The Hall–Kier alpha value is -1.91. The molecule has 1 fully saturated rings. The van der Waals surface area contributed by atoms with Crippen LogP contribution in [0.5, 0.6) is 0 Å². The average molecular weight is 304 g/mol. The van der Waals surface area contributed by atoms with E-state index in [1.165, 1.54) is 0 Å². The number of likely N-dealkylation sites (tertiary alicyclic amines) is 1. The van der Waals surface area contributed by atoms with Gasteiger partial charge in [-0.1, -0.05) is 20.8 Å². The third kappa shape index (κ3) is 3.64. The second-order valence-electron chi connectivity index (χ2n) is 6.54. The van der Waals surface area contributed by atoms with Crippen molar-refractivity contribution < 1.29 is 14.7 Å². The van der Waals surface area contributed by atoms with Crippen molar-refractivity contribution in [3.63, 3.8) is 0 Å². The maximum atomic E-state index is 12.5. The van der Waals surface area contributed by atoms with E-state index < -0.39 is 11.9 Å². The molecular formula is C17H24N2O3. The third-order valence-electron chi connectivity index (χ3n) is 4.65. The van der Waals surface area contributed by atoms with Crippen LogP contribution >= 0.6 is 0 Å². The molecule has 1 amide bonds. The molecule has 1 aliphatic heterocycles. The van der Waals surface area contributed by atoms with Crippen molar-refractivity contribution in [2.45, 2.75) is 33.1 Å². The van der Waals surface area contributed by atoms with Gasteiger partial charge in [-0.05, 0) is 35.4 Å². The quantitative estimate of drug-likeness (QED) is 0.906. The van der Waals surface area contributed by atoms with Crippen molar-refractivity contribution in [2.75, 3.05) is 13.1 Å². The van der Waals surface area contributed by atoms with Crippen LogP contribution in [0.2, 0.25) is 0 Å². The third-order valence-corrected chi connectivity index (χ3v) is 4.65. The van der Waals surface area contributed by atoms with E-state index in [1.807, 2.05) is 32.9 Å². The highest BCUT2D eigenvalue weighted by molar-refractivity contribution is 5.79. The maximum absolute atomic E-state index is 12.5. The first kappa shape index (κ1) is 16.5. The summed E-state index contributed by atoms with van der Waals surface area (Å²) >= 11 is 0. The summed E-state index contributed by atoms with van der Waals surface area (Å²) in [4.78, 5) is 29.6. The molecule has 5 heteroatoms. The van der Waals surface area contributed by atoms with Gasteiger partial charge in [0, 0.05) is 31.9 Å². The Morgan fingerprint density at radius 2 is 1.91 bits per heavy atom. The van der Waals surface area contributed by atoms with E-state index in [9.17, 15) is 14.7 Å². The number of pyridine rings is 1. The topological polar surface area (TPSA) is 70.5 Å². The van der Waals surface area contributed by atoms with Crippen molar-refractivity contribution in [1.82, 2.24) is 9.88 Å². The molecule has 1 saturated heterocycles. The number of carboxylic acid groups (broad SMARTS) is 1. The number of aromatic nitrogens is 1. The molecule has 22 heavy (non-hydrogen) atoms. The average Bonchev–Trinajstić information content (AvgIpc) is 2.94. The molecule has 1 unspecified atom stereocenters. The fourth-order valence-electron chi connectivity index (χ4n) is 3.17. The molecule has 1 aromatic heterocycles. The van der Waals surface area contributed by atoms with Crippen LogP contribution in [0.25, 0.3) is 0 Å². The lowest BCUT2D eigenvalue weighted by Crippen LogP contribution is -2.30. The summed E-state index contributed by atoms with van der Waals surface area (Å²) in [6.45, 7) is 6.94. The van der Waals surface area contributed by atoms with E-state index in [4.69, 9.17) is 0 Å². The monoisotopic (exact) mass is 304 g/mol. The van der Waals surface area contributed by atoms with E-state index in [0.29, 0.717) is 19.5 Å². The predicted molar refractivity (Wildman–Crippen MR) is 83.3 cm³/mol. The van der Waals surface area contributed by atoms with Crippen molar-refractivity contribution in [3.05, 3.63) is 30.1 Å². The van der Waals surface area contributed by atoms with Crippen molar-refractivity contribution in [1.29, 1.82) is 0 Å². The summed E-state index contributed by atoms with van der Waals surface area (Å²) in [5.41, 5.74) is 1.08. The summed E-state index contributed by atoms with van der Waals surface area (Å²) in [6.07, 6.45) is 3.85. The first-order valence-corrected chi connectivity index (χ1v) is 7.80. The molecule has 2 heterocycles. The Bertz CT molecular complexity index is 530. The van der Waals surface area contributed by atoms with Gasteiger partial charge in [-0.25, -0.2) is 0 Å². The highest BCUT2D eigenvalue weighted by atomic mass is 16.4. The van der Waals surface area contributed by atoms with E-state index in [-0.39, 0.29) is 23.7 Å². The van der Waals surface area contributed by atoms with Crippen LogP contribution in [0.3, 0.4) is 0 Å². The van der Waals surface area contributed by atoms with Crippen LogP contribution in [0, 0.1) is 17.8 Å². The highest BCUT2D eigenvalue weighted by Crippen LogP contribution is 2.31. The number of amides is 1. The summed E-state index contributed by atoms with van der Waals surface area (Å²) in [7, 11) is 0. The lowest BCUT2D eigenvalue weighted by Gasteiger charge is -2.20. The Kier molecular flexibility index (Phi) is 5.16. The summed E-state index contributed by atoms with van der Waals surface area (Å²) in [5, 5.41) is 9.35. The van der Waals surface area contributed by atoms with Gasteiger partial charge in [-0.2, -0.15) is 0 Å². The van der Waals surface area contributed by atoms with Crippen LogP contribution in [0.15, 0.2) is 24.5 Å². The molecule has 0 bridgehead atoms. The number of aliphatic carboxylic acids is 1. The zero-order valence-corrected chi connectivity index (χ0v) is 13.4. The fraction of sp³-hybridized carbons (Fsp3) is 0.588. The lowest BCUT2D eigenvalue weighted by molar-refractivity contribution is -0.143. The number of rotatable bonds is 5. The van der Waals surface area contributed by atoms with E-state index in [2.05, 4.69) is 4.98 Å². The predicted octanol–water partition coefficient (Wildman–Crippen LogP) is 2.39. The van der Waals surface area contributed by atoms with E-state index >= 15 is 0 Å². The molecule has 0 radical (unpaired) electrons. The Balaban J connectivity index is 2.00. The highest BCUT2D eigenvalue weighted by Gasteiger charge is 2.40. The molecule has 3 atom stereocenters. The maximum Gasteiger partial charge on any atom is 0.308 e. The molecule has 0 aliphatic carbocycles. The first-order valence-electron chi connectivity index (χ1n) is 7.80. The van der Waals surface area contributed by atoms with E-state index in [0.717, 1.165) is 5.56 Å². The molecule has 1 aromatic rings. The largest absolute Gasteiger partial charge is 0.481 e. The van der Waals surface area contributed by atoms with Gasteiger partial charge in [0.25, 0.3) is 0 Å². The number of nitrogens with zero attached hydrogens (tertiary/aromatic N) is 2. The smallest absolute Gasteiger partial charge is 0.308 e. The van der Waals surface area contributed by atoms with Crippen LogP contribution in [0.1, 0.15) is 38.7 Å². The van der Waals surface area contributed by atoms with E-state index in [1.54, 1.807) is 17.3 Å². The van der Waals surface area contributed by atoms with Crippen LogP contribution in [0.4, 0.5) is 0 Å². The molecular weight excluding hydrogens is 280 g/mol. The zero-order chi connectivity index (χ0) is 16.3. The normalized spacial score (nSPS) is 22.8. The van der Waals surface area contributed by atoms with Gasteiger partial charge in [0.15, 0.2) is 0 Å². The summed E-state index contributed by atoms with van der Waals surface area (Å²) in [5.74, 6) is -0.791. The van der Waals surface area contributed by atoms with Gasteiger partial charge in [0.1, 0.15) is 0 Å². The minimum absolute atomic E-state index is 0.0395. The molecule has 1 N–H and O–H groups in total. The molecule has 0 aromatic carbocycles. The van der Waals surface area contributed by atoms with Gasteiger partial charge >= 0.3 is 5.97 Å². The number of carboxylic acids is 1. The van der Waals surface area contributed by atoms with Crippen LogP contribution in [-0.4, -0.2) is 40.0 Å². The first-order chi connectivity index (χ1) is 10.4. The standard InChI is InChI=1S/C17H24N2O3/c1-11(2)14-9-19(10-15(14)17(21)22)16(20)8-12(3)13-4-6-18-7-5-13/h4-7,11-12,14-15H,8-10H2,1-3H3,(H,21,22)/t12?,14-,15+/m0/s1. The Morgan fingerprint density at radius 1 is 1.27 bits per heavy atom. The van der Waals surface area contributed by atoms with Gasteiger partial charge < -0.3 is 10.0 Å². The second-order valence-corrected chi connectivity index (χ2v) is 6.54. The number of hydrogen-bond donors (Lipinski definition) is 1. The van der Waals surface area contributed by atoms with Gasteiger partial charge in [0.05, 0.1) is 5.92 Å². The molecule has 5 nitrogen and oxygen atoms in total. The lowest BCUT2D eigenvalue weighted by atomic mass is 9.86. The molecule has 120 valence electrons. The van der Waals surface area contributed by atoms with Crippen molar-refractivity contribution in [3.8, 4) is 0 Å². The summed E-state index contributed by atoms with van der Waals surface area (Å²) in [6, 6.07) is 3.83. The molecule has 1 aliphatic rings. The van der Waals surface area contributed by atoms with Gasteiger partial charge in [-0.3, -0.25) is 14.6 Å². The molecule has 0 spiro atoms. The molecule has 2 rings (SSSR count). The Labute approximate surface area is 131 Å². The van der Waals surface area contributed by atoms with Gasteiger partial charge in [0.2, 0.25) is 5.91 Å². The Morgan fingerprint density at radius 3 is 2.41 bits per heavy atom.